The third-order valence-corrected chi connectivity index (χ3v) is 20.8. The minimum Gasteiger partial charge on any atom is -0.463 e. The fourth-order valence-corrected chi connectivity index (χ4v) is 13.7. The van der Waals surface area contributed by atoms with Crippen molar-refractivity contribution in [3.05, 3.63) is 170 Å². The molecule has 0 heterocycles. The van der Waals surface area contributed by atoms with E-state index in [-0.39, 0.29) is 19.3 Å². The van der Waals surface area contributed by atoms with Crippen molar-refractivity contribution in [2.24, 2.45) is 0 Å². The minimum absolute atomic E-state index is 0.0788. The first-order chi connectivity index (χ1) is 56.2. The van der Waals surface area contributed by atoms with Crippen molar-refractivity contribution in [1.82, 2.24) is 0 Å². The maximum absolute atomic E-state index is 13.1. The van der Waals surface area contributed by atoms with Gasteiger partial charge in [-0.2, -0.15) is 0 Å². The number of hydrogen-bond donors (Lipinski definition) is 4. The van der Waals surface area contributed by atoms with Crippen molar-refractivity contribution >= 4 is 33.6 Å². The highest BCUT2D eigenvalue weighted by molar-refractivity contribution is 7.47. The summed E-state index contributed by atoms with van der Waals surface area (Å²) in [6.07, 6.45) is 114. The Labute approximate surface area is 701 Å². The zero-order chi connectivity index (χ0) is 83.6. The molecule has 0 saturated carbocycles. The number of unbranched alkanes of at least 4 members (excludes halogenated alkanes) is 34. The van der Waals surface area contributed by atoms with Crippen LogP contribution in [-0.4, -0.2) is 95.9 Å². The van der Waals surface area contributed by atoms with Crippen molar-refractivity contribution < 1.29 is 75.8 Å². The first kappa shape index (κ1) is 110. The largest absolute Gasteiger partial charge is 0.472 e. The lowest BCUT2D eigenvalue weighted by atomic mass is 10.0. The molecule has 5 unspecified atom stereocenters. The maximum Gasteiger partial charge on any atom is 0.472 e. The molecule has 0 aromatic carbocycles. The molecule has 0 bridgehead atoms. The average Bonchev–Trinajstić information content (AvgIpc) is 0.902. The van der Waals surface area contributed by atoms with E-state index in [1.54, 1.807) is 0 Å². The van der Waals surface area contributed by atoms with Crippen LogP contribution in [0.4, 0.5) is 0 Å². The Morgan fingerprint density at radius 3 is 0.730 bits per heavy atom. The summed E-state index contributed by atoms with van der Waals surface area (Å²) < 4.78 is 61.4. The number of phosphoric ester groups is 2. The topological polar surface area (TPSA) is 231 Å². The fourth-order valence-electron chi connectivity index (χ4n) is 12.1. The lowest BCUT2D eigenvalue weighted by Crippen LogP contribution is -2.30. The molecule has 18 heteroatoms. The highest BCUT2D eigenvalue weighted by Gasteiger charge is 2.29. The smallest absolute Gasteiger partial charge is 0.463 e. The molecule has 658 valence electrons. The van der Waals surface area contributed by atoms with Crippen LogP contribution in [0.2, 0.25) is 0 Å². The highest BCUT2D eigenvalue weighted by Crippen LogP contribution is 2.45. The van der Waals surface area contributed by atoms with Gasteiger partial charge in [0.25, 0.3) is 0 Å². The van der Waals surface area contributed by atoms with Gasteiger partial charge in [0.2, 0.25) is 0 Å². The standard InChI is InChI=1S/C97H164O16P2/c1-4-7-10-13-16-19-22-25-28-31-34-37-39-41-43-44-45-46-48-50-51-54-56-59-62-65-68-71-74-77-80-83-95(100)107-86-92(98)87-109-114(103,104)110-88-93(99)89-111-115(105,106)112-91-94(113-97(102)85-82-79-76-73-70-67-64-61-58-53-36-33-30-27-24-21-18-15-12-9-6-3)90-108-96(101)84-81-78-75-72-69-66-63-60-57-55-52-49-47-42-40-38-35-32-29-26-23-20-17-14-11-8-5-2/h7-8,10-11,16-21,25-30,34-38,41-43,47,53,61,64,92-94,98-99H,4-6,9,12-15,22-24,31-33,39-40,44-46,48-52,54-60,62-63,65-91H2,1-3H3,(H,103,104)(H,105,106)/b10-7-,11-8-,19-16-,20-17-,21-18-,28-25-,29-26-,30-27-,37-34-,38-35-,43-41-,47-42-,53-36-,64-61-. The van der Waals surface area contributed by atoms with Gasteiger partial charge in [0, 0.05) is 19.3 Å². The van der Waals surface area contributed by atoms with Gasteiger partial charge in [0.15, 0.2) is 6.10 Å². The van der Waals surface area contributed by atoms with Gasteiger partial charge in [0.05, 0.1) is 26.4 Å². The number of aliphatic hydroxyl groups excluding tert-OH is 2. The van der Waals surface area contributed by atoms with Crippen molar-refractivity contribution in [2.45, 2.75) is 386 Å². The zero-order valence-electron chi connectivity index (χ0n) is 72.4. The summed E-state index contributed by atoms with van der Waals surface area (Å²) in [5, 5.41) is 20.7. The van der Waals surface area contributed by atoms with E-state index in [1.807, 2.05) is 0 Å². The molecule has 0 aromatic heterocycles. The second-order valence-corrected chi connectivity index (χ2v) is 32.9. The molecule has 0 amide bonds. The molecule has 0 rings (SSSR count). The lowest BCUT2D eigenvalue weighted by molar-refractivity contribution is -0.161. The number of rotatable bonds is 85. The summed E-state index contributed by atoms with van der Waals surface area (Å²) in [6.45, 7) is 2.44. The molecule has 0 radical (unpaired) electrons. The van der Waals surface area contributed by atoms with E-state index in [9.17, 15) is 43.5 Å². The number of phosphoric acid groups is 2. The van der Waals surface area contributed by atoms with E-state index in [0.29, 0.717) is 19.3 Å². The van der Waals surface area contributed by atoms with Crippen LogP contribution in [0.5, 0.6) is 0 Å². The third kappa shape index (κ3) is 89.5. The Balaban J connectivity index is 4.61. The van der Waals surface area contributed by atoms with Gasteiger partial charge < -0.3 is 34.2 Å². The predicted molar refractivity (Wildman–Crippen MR) is 482 cm³/mol. The molecular weight excluding hydrogens is 1480 g/mol. The summed E-state index contributed by atoms with van der Waals surface area (Å²) in [5.74, 6) is -1.59. The van der Waals surface area contributed by atoms with E-state index in [1.165, 1.54) is 135 Å². The van der Waals surface area contributed by atoms with Crippen molar-refractivity contribution in [3.8, 4) is 0 Å². The number of ether oxygens (including phenoxy) is 3. The van der Waals surface area contributed by atoms with Crippen molar-refractivity contribution in [3.63, 3.8) is 0 Å². The van der Waals surface area contributed by atoms with Crippen molar-refractivity contribution in [2.75, 3.05) is 39.6 Å². The number of carbonyl (C=O) groups excluding carboxylic acids is 3. The van der Waals surface area contributed by atoms with Crippen LogP contribution in [0, 0.1) is 0 Å². The quantitative estimate of drug-likeness (QED) is 0.0146. The van der Waals surface area contributed by atoms with E-state index in [2.05, 4.69) is 191 Å². The monoisotopic (exact) mass is 1650 g/mol. The first-order valence-corrected chi connectivity index (χ1v) is 48.4. The Morgan fingerprint density at radius 2 is 0.461 bits per heavy atom. The molecule has 115 heavy (non-hydrogen) atoms. The molecule has 16 nitrogen and oxygen atoms in total. The Bertz CT molecular complexity index is 2770. The number of carbonyl (C=O) groups is 3. The molecule has 0 aromatic rings. The van der Waals surface area contributed by atoms with Gasteiger partial charge in [-0.25, -0.2) is 9.13 Å². The van der Waals surface area contributed by atoms with Crippen LogP contribution in [-0.2, 0) is 55.8 Å². The van der Waals surface area contributed by atoms with Crippen LogP contribution in [0.1, 0.15) is 367 Å². The Morgan fingerprint density at radius 1 is 0.252 bits per heavy atom. The summed E-state index contributed by atoms with van der Waals surface area (Å²) in [4.78, 5) is 59.0. The molecule has 0 aliphatic carbocycles. The lowest BCUT2D eigenvalue weighted by Gasteiger charge is -2.21. The number of aliphatic hydroxyl groups is 2. The van der Waals surface area contributed by atoms with E-state index in [0.717, 1.165) is 173 Å². The molecular formula is C97H164O16P2. The normalized spacial score (nSPS) is 14.6. The SMILES string of the molecule is CC/C=C\C/C=C\C/C=C\C/C=C\C/C=C\CCCCCCCCCCCCCCCCCC(=O)OCC(O)COP(=O)(O)OCC(O)COP(=O)(O)OCC(COC(=O)CCCCCCCCCCCCC/C=C\C/C=C\C/C=C\C/C=C\C/C=C\CC)OC(=O)CCCCCCC/C=C\C/C=C\C/C=C\C/C=C\CCCCC. The van der Waals surface area contributed by atoms with Gasteiger partial charge in [-0.15, -0.1) is 0 Å². The number of allylic oxidation sites excluding steroid dienone is 28. The molecule has 0 spiro atoms. The number of esters is 3. The summed E-state index contributed by atoms with van der Waals surface area (Å²) in [7, 11) is -9.82. The Kier molecular flexibility index (Phi) is 84.3. The molecule has 5 atom stereocenters. The van der Waals surface area contributed by atoms with Crippen LogP contribution in [0.25, 0.3) is 0 Å². The molecule has 4 N–H and O–H groups in total. The van der Waals surface area contributed by atoms with Gasteiger partial charge in [0.1, 0.15) is 25.4 Å². The van der Waals surface area contributed by atoms with E-state index < -0.39 is 91.5 Å². The second kappa shape index (κ2) is 88.2. The first-order valence-electron chi connectivity index (χ1n) is 45.4. The van der Waals surface area contributed by atoms with Gasteiger partial charge in [-0.1, -0.05) is 364 Å². The van der Waals surface area contributed by atoms with Crippen molar-refractivity contribution in [1.29, 1.82) is 0 Å². The molecule has 0 aliphatic heterocycles. The summed E-state index contributed by atoms with van der Waals surface area (Å²) >= 11 is 0. The van der Waals surface area contributed by atoms with Gasteiger partial charge in [-0.3, -0.25) is 32.5 Å². The van der Waals surface area contributed by atoms with Crippen LogP contribution < -0.4 is 0 Å². The third-order valence-electron chi connectivity index (χ3n) is 18.9. The van der Waals surface area contributed by atoms with Crippen LogP contribution in [0.3, 0.4) is 0 Å². The minimum atomic E-state index is -4.95. The predicted octanol–water partition coefficient (Wildman–Crippen LogP) is 27.9. The van der Waals surface area contributed by atoms with E-state index >= 15 is 0 Å². The summed E-state index contributed by atoms with van der Waals surface area (Å²) in [6, 6.07) is 0. The van der Waals surface area contributed by atoms with Gasteiger partial charge in [-0.05, 0) is 154 Å². The summed E-state index contributed by atoms with van der Waals surface area (Å²) in [5.41, 5.74) is 0. The fraction of sp³-hybridized carbons (Fsp3) is 0.680. The highest BCUT2D eigenvalue weighted by atomic mass is 31.2. The average molecular weight is 1650 g/mol. The van der Waals surface area contributed by atoms with Crippen LogP contribution >= 0.6 is 15.6 Å². The molecule has 0 aliphatic rings. The van der Waals surface area contributed by atoms with E-state index in [4.69, 9.17) is 32.3 Å². The molecule has 0 fully saturated rings. The van der Waals surface area contributed by atoms with Gasteiger partial charge >= 0.3 is 33.6 Å². The Hall–Kier alpha value is -5.09. The molecule has 0 saturated heterocycles. The number of hydrogen-bond acceptors (Lipinski definition) is 14. The zero-order valence-corrected chi connectivity index (χ0v) is 74.2. The maximum atomic E-state index is 13.1. The van der Waals surface area contributed by atoms with Crippen LogP contribution in [0.15, 0.2) is 170 Å². The second-order valence-electron chi connectivity index (χ2n) is 30.0.